The number of nitrogens with zero attached hydrogens (tertiary/aromatic N) is 1. The van der Waals surface area contributed by atoms with E-state index in [1.165, 1.54) is 19.2 Å². The van der Waals surface area contributed by atoms with E-state index in [-0.39, 0.29) is 5.70 Å². The first-order valence-corrected chi connectivity index (χ1v) is 2.42. The van der Waals surface area contributed by atoms with E-state index in [0.29, 0.717) is 0 Å². The molecule has 2 nitrogen and oxygen atoms in total. The summed E-state index contributed by atoms with van der Waals surface area (Å²) in [5.74, 6) is -0.408. The summed E-state index contributed by atoms with van der Waals surface area (Å²) in [5, 5.41) is 0. The second-order valence-electron chi connectivity index (χ2n) is 1.49. The van der Waals surface area contributed by atoms with E-state index in [9.17, 15) is 4.39 Å². The zero-order valence-electron chi connectivity index (χ0n) is 5.26. The first-order chi connectivity index (χ1) is 4.18. The van der Waals surface area contributed by atoms with Crippen LogP contribution in [0.25, 0.3) is 0 Å². The van der Waals surface area contributed by atoms with Crippen LogP contribution in [0.1, 0.15) is 6.92 Å². The number of rotatable bonds is 2. The molecule has 0 aromatic rings. The van der Waals surface area contributed by atoms with Crippen molar-refractivity contribution in [1.82, 2.24) is 0 Å². The minimum atomic E-state index is -0.408. The summed E-state index contributed by atoms with van der Waals surface area (Å²) in [5.41, 5.74) is 5.22. The lowest BCUT2D eigenvalue weighted by molar-refractivity contribution is 0.629. The van der Waals surface area contributed by atoms with Crippen molar-refractivity contribution in [2.45, 2.75) is 6.92 Å². The Morgan fingerprint density at radius 3 is 2.67 bits per heavy atom. The van der Waals surface area contributed by atoms with Crippen molar-refractivity contribution < 1.29 is 4.39 Å². The van der Waals surface area contributed by atoms with Crippen LogP contribution in [0.4, 0.5) is 4.39 Å². The number of hydrogen-bond donors (Lipinski definition) is 1. The van der Waals surface area contributed by atoms with Gasteiger partial charge in [0.2, 0.25) is 0 Å². The Labute approximate surface area is 53.6 Å². The van der Waals surface area contributed by atoms with Crippen molar-refractivity contribution >= 4 is 6.72 Å². The quantitative estimate of drug-likeness (QED) is 0.442. The molecule has 0 saturated carbocycles. The monoisotopic (exact) mass is 128 g/mol. The number of hydrogen-bond acceptors (Lipinski definition) is 2. The molecule has 0 atom stereocenters. The molecule has 0 radical (unpaired) electrons. The first kappa shape index (κ1) is 7.88. The van der Waals surface area contributed by atoms with E-state index in [2.05, 4.69) is 11.7 Å². The maximum Gasteiger partial charge on any atom is 0.120 e. The van der Waals surface area contributed by atoms with Gasteiger partial charge in [-0.25, -0.2) is 4.39 Å². The van der Waals surface area contributed by atoms with E-state index in [1.54, 1.807) is 0 Å². The normalized spacial score (nSPS) is 13.6. The summed E-state index contributed by atoms with van der Waals surface area (Å²) in [6.45, 7) is 4.44. The molecule has 0 amide bonds. The molecule has 0 unspecified atom stereocenters. The smallest absolute Gasteiger partial charge is 0.120 e. The molecular formula is C6H9FN2. The average molecular weight is 128 g/mol. The predicted molar refractivity (Wildman–Crippen MR) is 36.7 cm³/mol. The highest BCUT2D eigenvalue weighted by Gasteiger charge is 1.87. The highest BCUT2D eigenvalue weighted by Crippen LogP contribution is 1.98. The van der Waals surface area contributed by atoms with Gasteiger partial charge in [-0.1, -0.05) is 0 Å². The fourth-order valence-electron chi connectivity index (χ4n) is 0.248. The second kappa shape index (κ2) is 3.83. The molecule has 0 aliphatic carbocycles. The van der Waals surface area contributed by atoms with Gasteiger partial charge in [0.25, 0.3) is 0 Å². The molecule has 2 N–H and O–H groups in total. The zero-order valence-corrected chi connectivity index (χ0v) is 5.26. The molecule has 9 heavy (non-hydrogen) atoms. The average Bonchev–Trinajstić information content (AvgIpc) is 1.82. The van der Waals surface area contributed by atoms with Crippen molar-refractivity contribution in [2.24, 2.45) is 10.7 Å². The number of halogens is 1. The molecule has 50 valence electrons. The maximum atomic E-state index is 12.1. The van der Waals surface area contributed by atoms with Crippen LogP contribution in [0.15, 0.2) is 28.8 Å². The fourth-order valence-corrected chi connectivity index (χ4v) is 0.248. The molecule has 0 fully saturated rings. The van der Waals surface area contributed by atoms with Crippen LogP contribution in [0.2, 0.25) is 0 Å². The Morgan fingerprint density at radius 1 is 1.78 bits per heavy atom. The van der Waals surface area contributed by atoms with Gasteiger partial charge in [0.05, 0.1) is 5.70 Å². The van der Waals surface area contributed by atoms with Crippen LogP contribution in [0.5, 0.6) is 0 Å². The summed E-state index contributed by atoms with van der Waals surface area (Å²) in [7, 11) is 0. The summed E-state index contributed by atoms with van der Waals surface area (Å²) >= 11 is 0. The third-order valence-electron chi connectivity index (χ3n) is 0.757. The Bertz CT molecular complexity index is 154. The van der Waals surface area contributed by atoms with Gasteiger partial charge in [-0.05, 0) is 19.7 Å². The minimum Gasteiger partial charge on any atom is -0.397 e. The van der Waals surface area contributed by atoms with E-state index in [0.717, 1.165) is 0 Å². The molecule has 0 aliphatic rings. The summed E-state index contributed by atoms with van der Waals surface area (Å²) in [4.78, 5) is 3.35. The summed E-state index contributed by atoms with van der Waals surface area (Å²) < 4.78 is 12.1. The van der Waals surface area contributed by atoms with Gasteiger partial charge < -0.3 is 5.73 Å². The molecule has 0 bridgehead atoms. The van der Waals surface area contributed by atoms with Crippen molar-refractivity contribution in [3.63, 3.8) is 0 Å². The van der Waals surface area contributed by atoms with E-state index in [4.69, 9.17) is 5.73 Å². The summed E-state index contributed by atoms with van der Waals surface area (Å²) in [6.07, 6.45) is 2.68. The van der Waals surface area contributed by atoms with Crippen LogP contribution >= 0.6 is 0 Å². The lowest BCUT2D eigenvalue weighted by atomic mass is 10.4. The molecule has 0 saturated heterocycles. The van der Waals surface area contributed by atoms with E-state index >= 15 is 0 Å². The van der Waals surface area contributed by atoms with E-state index in [1.807, 2.05) is 0 Å². The van der Waals surface area contributed by atoms with Gasteiger partial charge in [0, 0.05) is 6.20 Å². The van der Waals surface area contributed by atoms with Crippen LogP contribution in [-0.2, 0) is 0 Å². The van der Waals surface area contributed by atoms with Crippen LogP contribution in [0, 0.1) is 0 Å². The van der Waals surface area contributed by atoms with Crippen molar-refractivity contribution in [3.05, 3.63) is 23.8 Å². The molecule has 0 aromatic heterocycles. The Morgan fingerprint density at radius 2 is 2.33 bits per heavy atom. The highest BCUT2D eigenvalue weighted by atomic mass is 19.1. The Kier molecular flexibility index (Phi) is 3.35. The molecule has 0 spiro atoms. The Hall–Kier alpha value is -1.12. The molecule has 0 rings (SSSR count). The lowest BCUT2D eigenvalue weighted by Gasteiger charge is -1.88. The van der Waals surface area contributed by atoms with Gasteiger partial charge in [0.15, 0.2) is 0 Å². The topological polar surface area (TPSA) is 38.4 Å². The number of allylic oxidation sites excluding steroid dienone is 2. The molecule has 0 aliphatic heterocycles. The second-order valence-corrected chi connectivity index (χ2v) is 1.49. The van der Waals surface area contributed by atoms with Crippen molar-refractivity contribution in [1.29, 1.82) is 0 Å². The first-order valence-electron chi connectivity index (χ1n) is 2.42. The van der Waals surface area contributed by atoms with E-state index < -0.39 is 5.83 Å². The lowest BCUT2D eigenvalue weighted by Crippen LogP contribution is -1.93. The zero-order chi connectivity index (χ0) is 7.28. The molecule has 0 aromatic carbocycles. The largest absolute Gasteiger partial charge is 0.397 e. The van der Waals surface area contributed by atoms with Crippen molar-refractivity contribution in [3.8, 4) is 0 Å². The standard InChI is InChI=1S/C6H9FN2/c1-5(7)6(8)3-4-9-2/h3-4H,2,8H2,1H3/b4-3-,6-5-. The van der Waals surface area contributed by atoms with Crippen LogP contribution in [0.3, 0.4) is 0 Å². The molecular weight excluding hydrogens is 119 g/mol. The predicted octanol–water partition coefficient (Wildman–Crippen LogP) is 1.36. The van der Waals surface area contributed by atoms with Gasteiger partial charge in [-0.3, -0.25) is 4.99 Å². The SMILES string of the molecule is C=N/C=C\C(N)=C(/C)F. The van der Waals surface area contributed by atoms with Crippen LogP contribution in [-0.4, -0.2) is 6.72 Å². The number of aliphatic imine (C=N–C) groups is 1. The summed E-state index contributed by atoms with van der Waals surface area (Å²) in [6, 6.07) is 0. The Balaban J connectivity index is 4.06. The van der Waals surface area contributed by atoms with Gasteiger partial charge >= 0.3 is 0 Å². The molecule has 3 heteroatoms. The van der Waals surface area contributed by atoms with Gasteiger partial charge in [-0.2, -0.15) is 0 Å². The third-order valence-corrected chi connectivity index (χ3v) is 0.757. The van der Waals surface area contributed by atoms with Gasteiger partial charge in [-0.15, -0.1) is 0 Å². The van der Waals surface area contributed by atoms with Crippen molar-refractivity contribution in [2.75, 3.05) is 0 Å². The number of nitrogens with two attached hydrogens (primary N) is 1. The third kappa shape index (κ3) is 3.46. The maximum absolute atomic E-state index is 12.1. The van der Waals surface area contributed by atoms with Gasteiger partial charge in [0.1, 0.15) is 5.83 Å². The fraction of sp³-hybridized carbons (Fsp3) is 0.167. The molecule has 0 heterocycles. The minimum absolute atomic E-state index is 0.0856. The van der Waals surface area contributed by atoms with Crippen LogP contribution < -0.4 is 5.73 Å². The highest BCUT2D eigenvalue weighted by molar-refractivity contribution is 5.27.